The molecule has 0 rings (SSSR count). The fraction of sp³-hybridized carbons (Fsp3) is 1.00. The third kappa shape index (κ3) is 4.14. The Morgan fingerprint density at radius 2 is 2.33 bits per heavy atom. The Morgan fingerprint density at radius 3 is 2.50 bits per heavy atom. The second-order valence-electron chi connectivity index (χ2n) is 0.974. The van der Waals surface area contributed by atoms with Gasteiger partial charge < -0.3 is 4.84 Å². The minimum atomic E-state index is 0.642. The summed E-state index contributed by atoms with van der Waals surface area (Å²) in [6.07, 6.45) is 0.980. The van der Waals surface area contributed by atoms with Crippen molar-refractivity contribution >= 4 is 10.2 Å². The lowest BCUT2D eigenvalue weighted by atomic mass is 10.5. The first-order valence-electron chi connectivity index (χ1n) is 1.88. The van der Waals surface area contributed by atoms with Gasteiger partial charge in [-0.2, -0.15) is 0 Å². The number of nitrogens with two attached hydrogens (primary N) is 1. The Balaban J connectivity index is 2.34. The quantitative estimate of drug-likeness (QED) is 0.305. The lowest BCUT2D eigenvalue weighted by molar-refractivity contribution is 0.139. The van der Waals surface area contributed by atoms with Gasteiger partial charge >= 0.3 is 0 Å². The summed E-state index contributed by atoms with van der Waals surface area (Å²) >= 11 is 0. The maximum atomic E-state index is 4.69. The van der Waals surface area contributed by atoms with Gasteiger partial charge in [0.05, 0.1) is 6.61 Å². The van der Waals surface area contributed by atoms with Crippen LogP contribution in [0.2, 0.25) is 6.04 Å². The van der Waals surface area contributed by atoms with E-state index in [4.69, 9.17) is 5.90 Å². The van der Waals surface area contributed by atoms with Crippen molar-refractivity contribution in [1.82, 2.24) is 0 Å². The van der Waals surface area contributed by atoms with Crippen molar-refractivity contribution in [2.24, 2.45) is 5.90 Å². The standard InChI is InChI=1S/C3H8NOSi/c4-5-2-1-3-6/h1-4H2. The summed E-state index contributed by atoms with van der Waals surface area (Å²) in [6.45, 7) is 0.642. The van der Waals surface area contributed by atoms with Crippen LogP contribution in [0.1, 0.15) is 6.42 Å². The van der Waals surface area contributed by atoms with Crippen molar-refractivity contribution in [2.45, 2.75) is 12.5 Å². The van der Waals surface area contributed by atoms with E-state index in [1.165, 1.54) is 0 Å². The zero-order valence-corrected chi connectivity index (χ0v) is 4.61. The van der Waals surface area contributed by atoms with E-state index >= 15 is 0 Å². The smallest absolute Gasteiger partial charge is 0.0676 e. The Hall–Kier alpha value is 0.137. The third-order valence-corrected chi connectivity index (χ3v) is 0.793. The highest BCUT2D eigenvalue weighted by molar-refractivity contribution is 6.08. The Bertz CT molecular complexity index is 22.8. The van der Waals surface area contributed by atoms with E-state index < -0.39 is 0 Å². The molecule has 0 bridgehead atoms. The molecule has 0 saturated carbocycles. The zero-order valence-electron chi connectivity index (χ0n) is 3.61. The molecule has 0 spiro atoms. The predicted molar refractivity (Wildman–Crippen MR) is 25.3 cm³/mol. The van der Waals surface area contributed by atoms with Crippen LogP contribution in [0.3, 0.4) is 0 Å². The predicted octanol–water partition coefficient (Wildman–Crippen LogP) is -0.146. The highest BCUT2D eigenvalue weighted by Gasteiger charge is 1.75. The molecular weight excluding hydrogens is 94.1 g/mol. The van der Waals surface area contributed by atoms with Crippen LogP contribution in [0, 0.1) is 0 Å². The molecular formula is C3H8NOSi. The fourth-order valence-electron chi connectivity index (χ4n) is 0.156. The van der Waals surface area contributed by atoms with E-state index in [2.05, 4.69) is 15.1 Å². The lowest BCUT2D eigenvalue weighted by Gasteiger charge is -1.88. The van der Waals surface area contributed by atoms with Gasteiger partial charge in [-0.15, -0.1) is 0 Å². The summed E-state index contributed by atoms with van der Waals surface area (Å²) in [7, 11) is 3.26. The van der Waals surface area contributed by atoms with Crippen molar-refractivity contribution < 1.29 is 4.84 Å². The van der Waals surface area contributed by atoms with Crippen LogP contribution in [-0.4, -0.2) is 16.8 Å². The first-order chi connectivity index (χ1) is 2.91. The SMILES string of the molecule is NOCCC[Si]. The molecule has 0 saturated heterocycles. The van der Waals surface area contributed by atoms with Gasteiger partial charge in [-0.25, -0.2) is 5.90 Å². The van der Waals surface area contributed by atoms with Gasteiger partial charge in [0, 0.05) is 10.2 Å². The summed E-state index contributed by atoms with van der Waals surface area (Å²) in [4.78, 5) is 4.25. The number of hydrogen-bond acceptors (Lipinski definition) is 2. The molecule has 0 amide bonds. The molecule has 2 N–H and O–H groups in total. The average Bonchev–Trinajstić information content (AvgIpc) is 1.61. The van der Waals surface area contributed by atoms with Gasteiger partial charge in [0.25, 0.3) is 0 Å². The molecule has 0 aromatic carbocycles. The van der Waals surface area contributed by atoms with E-state index in [1.54, 1.807) is 0 Å². The maximum Gasteiger partial charge on any atom is 0.0676 e. The van der Waals surface area contributed by atoms with E-state index in [1.807, 2.05) is 0 Å². The summed E-state index contributed by atoms with van der Waals surface area (Å²) in [6, 6.07) is 0.956. The molecule has 0 unspecified atom stereocenters. The van der Waals surface area contributed by atoms with Crippen LogP contribution in [0.15, 0.2) is 0 Å². The van der Waals surface area contributed by atoms with Crippen LogP contribution in [0.25, 0.3) is 0 Å². The molecule has 0 atom stereocenters. The monoisotopic (exact) mass is 102 g/mol. The number of hydrogen-bond donors (Lipinski definition) is 1. The molecule has 0 aliphatic rings. The van der Waals surface area contributed by atoms with Gasteiger partial charge in [0.1, 0.15) is 0 Å². The lowest BCUT2D eigenvalue weighted by Crippen LogP contribution is -1.99. The van der Waals surface area contributed by atoms with E-state index in [9.17, 15) is 0 Å². The fourth-order valence-corrected chi connectivity index (χ4v) is 0.300. The van der Waals surface area contributed by atoms with E-state index in [0.717, 1.165) is 12.5 Å². The van der Waals surface area contributed by atoms with Gasteiger partial charge in [-0.05, 0) is 6.42 Å². The molecule has 2 nitrogen and oxygen atoms in total. The van der Waals surface area contributed by atoms with E-state index in [-0.39, 0.29) is 0 Å². The normalized spacial score (nSPS) is 9.00. The van der Waals surface area contributed by atoms with Crippen LogP contribution >= 0.6 is 0 Å². The van der Waals surface area contributed by atoms with Gasteiger partial charge in [0.2, 0.25) is 0 Å². The van der Waals surface area contributed by atoms with Crippen molar-refractivity contribution in [1.29, 1.82) is 0 Å². The van der Waals surface area contributed by atoms with E-state index in [0.29, 0.717) is 6.61 Å². The molecule has 0 aliphatic carbocycles. The van der Waals surface area contributed by atoms with Crippen molar-refractivity contribution in [3.05, 3.63) is 0 Å². The zero-order chi connectivity index (χ0) is 4.83. The van der Waals surface area contributed by atoms with Crippen molar-refractivity contribution in [3.8, 4) is 0 Å². The molecule has 0 fully saturated rings. The highest BCUT2D eigenvalue weighted by Crippen LogP contribution is 1.79. The Morgan fingerprint density at radius 1 is 1.67 bits per heavy atom. The third-order valence-electron chi connectivity index (χ3n) is 0.439. The van der Waals surface area contributed by atoms with Crippen LogP contribution in [-0.2, 0) is 4.84 Å². The van der Waals surface area contributed by atoms with Crippen molar-refractivity contribution in [2.75, 3.05) is 6.61 Å². The van der Waals surface area contributed by atoms with Gasteiger partial charge in [0.15, 0.2) is 0 Å². The molecule has 0 aliphatic heterocycles. The number of rotatable bonds is 3. The minimum absolute atomic E-state index is 0.642. The maximum absolute atomic E-state index is 4.69. The first kappa shape index (κ1) is 6.14. The van der Waals surface area contributed by atoms with Gasteiger partial charge in [-0.1, -0.05) is 6.04 Å². The molecule has 6 heavy (non-hydrogen) atoms. The molecule has 3 heteroatoms. The molecule has 0 aromatic rings. The second kappa shape index (κ2) is 5.14. The van der Waals surface area contributed by atoms with Crippen LogP contribution in [0.4, 0.5) is 0 Å². The second-order valence-corrected chi connectivity index (χ2v) is 1.47. The molecule has 35 valence electrons. The topological polar surface area (TPSA) is 35.2 Å². The van der Waals surface area contributed by atoms with Crippen LogP contribution in [0.5, 0.6) is 0 Å². The Kier molecular flexibility index (Phi) is 5.25. The van der Waals surface area contributed by atoms with Crippen molar-refractivity contribution in [3.63, 3.8) is 0 Å². The first-order valence-corrected chi connectivity index (χ1v) is 2.59. The summed E-state index contributed by atoms with van der Waals surface area (Å²) in [5.74, 6) is 4.69. The largest absolute Gasteiger partial charge is 0.305 e. The highest BCUT2D eigenvalue weighted by atomic mass is 28.1. The summed E-state index contributed by atoms with van der Waals surface area (Å²) in [5.41, 5.74) is 0. The van der Waals surface area contributed by atoms with Gasteiger partial charge in [-0.3, -0.25) is 0 Å². The summed E-state index contributed by atoms with van der Waals surface area (Å²) < 4.78 is 0. The molecule has 0 aromatic heterocycles. The Labute approximate surface area is 41.0 Å². The molecule has 0 heterocycles. The molecule has 3 radical (unpaired) electrons. The summed E-state index contributed by atoms with van der Waals surface area (Å²) in [5, 5.41) is 0. The minimum Gasteiger partial charge on any atom is -0.305 e. The van der Waals surface area contributed by atoms with Crippen LogP contribution < -0.4 is 5.90 Å². The average molecular weight is 102 g/mol.